The molecule has 1 aliphatic heterocycles. The van der Waals surface area contributed by atoms with Crippen LogP contribution in [0.3, 0.4) is 0 Å². The van der Waals surface area contributed by atoms with Gasteiger partial charge in [-0.05, 0) is 102 Å². The van der Waals surface area contributed by atoms with E-state index in [1.54, 1.807) is 4.80 Å². The summed E-state index contributed by atoms with van der Waals surface area (Å²) in [6, 6.07) is 53.1. The zero-order valence-electron chi connectivity index (χ0n) is 36.2. The zero-order valence-corrected chi connectivity index (χ0v) is 36.2. The predicted molar refractivity (Wildman–Crippen MR) is 252 cm³/mol. The monoisotopic (exact) mass is 827 g/mol. The number of tetrazole rings is 1. The third-order valence-electron chi connectivity index (χ3n) is 12.8. The third kappa shape index (κ3) is 7.89. The smallest absolute Gasteiger partial charge is 0.205 e. The molecule has 6 aromatic carbocycles. The molecule has 0 spiro atoms. The van der Waals surface area contributed by atoms with Crippen LogP contribution in [0.4, 0.5) is 0 Å². The number of likely N-dealkylation sites (tertiary alicyclic amines) is 1. The molecule has 0 aliphatic carbocycles. The van der Waals surface area contributed by atoms with Crippen LogP contribution in [0.1, 0.15) is 66.2 Å². The van der Waals surface area contributed by atoms with Crippen molar-refractivity contribution in [1.29, 1.82) is 0 Å². The van der Waals surface area contributed by atoms with Gasteiger partial charge in [0, 0.05) is 36.8 Å². The normalized spacial score (nSPS) is 13.5. The minimum absolute atomic E-state index is 0.563. The van der Waals surface area contributed by atoms with Crippen LogP contribution in [0, 0.1) is 6.92 Å². The third-order valence-corrected chi connectivity index (χ3v) is 12.8. The lowest BCUT2D eigenvalue weighted by Gasteiger charge is -2.34. The Balaban J connectivity index is 0.937. The van der Waals surface area contributed by atoms with E-state index in [2.05, 4.69) is 161 Å². The molecular weight excluding hydrogens is 775 g/mol. The van der Waals surface area contributed by atoms with Crippen molar-refractivity contribution in [1.82, 2.24) is 44.2 Å². The first-order valence-electron chi connectivity index (χ1n) is 22.5. The Hall–Kier alpha value is -6.97. The Labute approximate surface area is 369 Å². The number of rotatable bonds is 14. The average molecular weight is 828 g/mol. The first-order valence-corrected chi connectivity index (χ1v) is 22.5. The van der Waals surface area contributed by atoms with Crippen LogP contribution in [0.2, 0.25) is 0 Å². The van der Waals surface area contributed by atoms with Crippen molar-refractivity contribution < 1.29 is 0 Å². The van der Waals surface area contributed by atoms with Gasteiger partial charge in [0.2, 0.25) is 5.82 Å². The number of aryl methyl sites for hydroxylation is 3. The van der Waals surface area contributed by atoms with E-state index in [0.29, 0.717) is 12.4 Å². The summed E-state index contributed by atoms with van der Waals surface area (Å²) in [7, 11) is 0. The molecule has 0 N–H and O–H groups in total. The molecular formula is C54H53N9. The fourth-order valence-corrected chi connectivity index (χ4v) is 9.58. The molecule has 0 unspecified atom stereocenters. The fraction of sp³-hybridized carbons (Fsp3) is 0.241. The standard InChI is InChI=1S/C54H53N9/c1-3-51-56-52-40(2)35-43(49-38-61(39-55-49)34-18-33-60-31-16-7-17-32-60)36-50(52)62(51)37-41-27-29-42(30-28-41)47-25-14-15-26-48(47)53-57-59-63(58-53)54(44-19-8-4-9-20-44,45-21-10-5-11-22-45)46-23-12-6-13-24-46/h4-6,8-15,19-30,35-36,38-39H,3,7,16-18,31-34,37H2,1-2H3. The molecule has 0 radical (unpaired) electrons. The number of hydrogen-bond acceptors (Lipinski definition) is 6. The maximum atomic E-state index is 5.23. The summed E-state index contributed by atoms with van der Waals surface area (Å²) in [5.74, 6) is 1.64. The van der Waals surface area contributed by atoms with Crippen molar-refractivity contribution in [2.75, 3.05) is 19.6 Å². The molecule has 9 nitrogen and oxygen atoms in total. The molecule has 4 heterocycles. The molecule has 9 heteroatoms. The quantitative estimate of drug-likeness (QED) is 0.102. The molecule has 0 bridgehead atoms. The van der Waals surface area contributed by atoms with Gasteiger partial charge in [-0.1, -0.05) is 153 Å². The van der Waals surface area contributed by atoms with Crippen LogP contribution in [0.5, 0.6) is 0 Å². The van der Waals surface area contributed by atoms with Crippen molar-refractivity contribution in [3.05, 3.63) is 198 Å². The highest BCUT2D eigenvalue weighted by Crippen LogP contribution is 2.40. The van der Waals surface area contributed by atoms with E-state index < -0.39 is 5.54 Å². The molecule has 9 aromatic rings. The van der Waals surface area contributed by atoms with Crippen molar-refractivity contribution >= 4 is 11.0 Å². The van der Waals surface area contributed by atoms with E-state index in [-0.39, 0.29) is 0 Å². The van der Waals surface area contributed by atoms with Crippen molar-refractivity contribution in [3.8, 4) is 33.8 Å². The maximum absolute atomic E-state index is 5.23. The van der Waals surface area contributed by atoms with E-state index >= 15 is 0 Å². The average Bonchev–Trinajstić information content (AvgIpc) is 4.11. The van der Waals surface area contributed by atoms with Crippen LogP contribution in [-0.4, -0.2) is 63.8 Å². The molecule has 3 aromatic heterocycles. The number of piperidine rings is 1. The second kappa shape index (κ2) is 17.8. The first kappa shape index (κ1) is 40.1. The lowest BCUT2D eigenvalue weighted by molar-refractivity contribution is 0.223. The number of hydrogen-bond donors (Lipinski definition) is 0. The summed E-state index contributed by atoms with van der Waals surface area (Å²) in [4.78, 5) is 14.4. The Morgan fingerprint density at radius 1 is 0.651 bits per heavy atom. The topological polar surface area (TPSA) is 82.5 Å². The molecule has 0 amide bonds. The van der Waals surface area contributed by atoms with Crippen molar-refractivity contribution in [3.63, 3.8) is 0 Å². The maximum Gasteiger partial charge on any atom is 0.205 e. The second-order valence-corrected chi connectivity index (χ2v) is 16.8. The van der Waals surface area contributed by atoms with Gasteiger partial charge in [0.25, 0.3) is 0 Å². The Kier molecular flexibility index (Phi) is 11.3. The predicted octanol–water partition coefficient (Wildman–Crippen LogP) is 10.9. The molecule has 1 fully saturated rings. The van der Waals surface area contributed by atoms with Gasteiger partial charge < -0.3 is 14.0 Å². The van der Waals surface area contributed by atoms with Crippen LogP contribution in [0.15, 0.2) is 164 Å². The van der Waals surface area contributed by atoms with Crippen LogP contribution in [0.25, 0.3) is 44.8 Å². The number of imidazole rings is 2. The van der Waals surface area contributed by atoms with Gasteiger partial charge in [0.15, 0.2) is 5.54 Å². The van der Waals surface area contributed by atoms with Crippen molar-refractivity contribution in [2.45, 2.75) is 64.6 Å². The van der Waals surface area contributed by atoms with E-state index in [1.165, 1.54) is 43.5 Å². The van der Waals surface area contributed by atoms with E-state index in [4.69, 9.17) is 25.4 Å². The van der Waals surface area contributed by atoms with Crippen molar-refractivity contribution in [2.24, 2.45) is 0 Å². The Morgan fingerprint density at radius 3 is 1.94 bits per heavy atom. The summed E-state index contributed by atoms with van der Waals surface area (Å²) >= 11 is 0. The first-order chi connectivity index (χ1) is 31.1. The molecule has 63 heavy (non-hydrogen) atoms. The lowest BCUT2D eigenvalue weighted by atomic mass is 9.77. The van der Waals surface area contributed by atoms with Gasteiger partial charge in [-0.25, -0.2) is 9.97 Å². The summed E-state index contributed by atoms with van der Waals surface area (Å²) in [5.41, 5.74) is 12.0. The molecule has 314 valence electrons. The van der Waals surface area contributed by atoms with Gasteiger partial charge in [-0.2, -0.15) is 0 Å². The summed E-state index contributed by atoms with van der Waals surface area (Å²) in [6.07, 6.45) is 10.2. The lowest BCUT2D eigenvalue weighted by Crippen LogP contribution is -2.39. The molecule has 10 rings (SSSR count). The summed E-state index contributed by atoms with van der Waals surface area (Å²) in [6.45, 7) is 9.69. The minimum Gasteiger partial charge on any atom is -0.337 e. The minimum atomic E-state index is -0.853. The van der Waals surface area contributed by atoms with E-state index in [9.17, 15) is 0 Å². The zero-order chi connectivity index (χ0) is 42.6. The van der Waals surface area contributed by atoms with Gasteiger partial charge in [-0.3, -0.25) is 0 Å². The number of nitrogens with zero attached hydrogens (tertiary/aromatic N) is 9. The highest BCUT2D eigenvalue weighted by molar-refractivity contribution is 5.85. The summed E-state index contributed by atoms with van der Waals surface area (Å²) < 4.78 is 4.63. The van der Waals surface area contributed by atoms with Gasteiger partial charge in [0.1, 0.15) is 5.82 Å². The molecule has 1 aliphatic rings. The fourth-order valence-electron chi connectivity index (χ4n) is 9.58. The highest BCUT2D eigenvalue weighted by Gasteiger charge is 2.41. The SMILES string of the molecule is CCc1nc2c(C)cc(-c3cn(CCCN4CCCCC4)cn3)cc2n1Cc1ccc(-c2ccccc2-c2nnn(C(c3ccccc3)(c3ccccc3)c3ccccc3)n2)cc1. The van der Waals surface area contributed by atoms with E-state index in [0.717, 1.165) is 87.4 Å². The Morgan fingerprint density at radius 2 is 1.29 bits per heavy atom. The molecule has 0 saturated carbocycles. The number of benzene rings is 6. The van der Waals surface area contributed by atoms with Gasteiger partial charge in [-0.15, -0.1) is 15.0 Å². The van der Waals surface area contributed by atoms with Crippen LogP contribution < -0.4 is 0 Å². The van der Waals surface area contributed by atoms with Crippen LogP contribution >= 0.6 is 0 Å². The second-order valence-electron chi connectivity index (χ2n) is 16.8. The summed E-state index contributed by atoms with van der Waals surface area (Å²) in [5, 5.41) is 14.8. The van der Waals surface area contributed by atoms with Crippen LogP contribution in [-0.2, 0) is 25.0 Å². The molecule has 1 saturated heterocycles. The highest BCUT2D eigenvalue weighted by atomic mass is 15.6. The van der Waals surface area contributed by atoms with Gasteiger partial charge in [0.05, 0.1) is 23.1 Å². The largest absolute Gasteiger partial charge is 0.337 e. The van der Waals surface area contributed by atoms with Gasteiger partial charge >= 0.3 is 0 Å². The van der Waals surface area contributed by atoms with E-state index in [1.807, 2.05) is 30.6 Å². The Bertz CT molecular complexity index is 2830. The number of fused-ring (bicyclic) bond motifs is 1. The number of aromatic nitrogens is 8. The molecule has 0 atom stereocenters.